The summed E-state index contributed by atoms with van der Waals surface area (Å²) in [4.78, 5) is 1.42. The van der Waals surface area contributed by atoms with Crippen LogP contribution >= 0.6 is 11.8 Å². The van der Waals surface area contributed by atoms with Gasteiger partial charge in [-0.1, -0.05) is 31.5 Å². The molecule has 0 aliphatic heterocycles. The fourth-order valence-electron chi connectivity index (χ4n) is 1.62. The summed E-state index contributed by atoms with van der Waals surface area (Å²) in [5.41, 5.74) is 2.94. The number of hydrogen-bond donors (Lipinski definition) is 1. The molecular weight excluding hydrogens is 238 g/mol. The molecule has 0 spiro atoms. The van der Waals surface area contributed by atoms with Crippen molar-refractivity contribution in [3.63, 3.8) is 0 Å². The molecule has 18 heavy (non-hydrogen) atoms. The summed E-state index contributed by atoms with van der Waals surface area (Å²) >= 11 is 1.99. The third-order valence-corrected chi connectivity index (χ3v) is 4.32. The van der Waals surface area contributed by atoms with Crippen LogP contribution in [0.1, 0.15) is 52.2 Å². The molecular formula is C16H27NS. The van der Waals surface area contributed by atoms with E-state index in [0.717, 1.165) is 6.54 Å². The Morgan fingerprint density at radius 1 is 1.28 bits per heavy atom. The highest BCUT2D eigenvalue weighted by atomic mass is 32.2. The van der Waals surface area contributed by atoms with Gasteiger partial charge in [-0.25, -0.2) is 0 Å². The van der Waals surface area contributed by atoms with Gasteiger partial charge in [0.25, 0.3) is 0 Å². The fraction of sp³-hybridized carbons (Fsp3) is 0.625. The summed E-state index contributed by atoms with van der Waals surface area (Å²) in [6, 6.07) is 6.79. The van der Waals surface area contributed by atoms with Gasteiger partial charge in [0.1, 0.15) is 0 Å². The number of thioether (sulfide) groups is 1. The van der Waals surface area contributed by atoms with Crippen molar-refractivity contribution in [1.29, 1.82) is 0 Å². The van der Waals surface area contributed by atoms with Gasteiger partial charge >= 0.3 is 0 Å². The van der Waals surface area contributed by atoms with E-state index in [0.29, 0.717) is 5.25 Å². The first-order chi connectivity index (χ1) is 8.31. The van der Waals surface area contributed by atoms with E-state index >= 15 is 0 Å². The molecule has 0 saturated heterocycles. The van der Waals surface area contributed by atoms with Crippen molar-refractivity contribution < 1.29 is 0 Å². The zero-order chi connectivity index (χ0) is 13.8. The normalized spacial score (nSPS) is 13.7. The van der Waals surface area contributed by atoms with Gasteiger partial charge in [0.15, 0.2) is 0 Å². The molecule has 0 heterocycles. The largest absolute Gasteiger partial charge is 0.308 e. The molecule has 0 amide bonds. The Morgan fingerprint density at radius 3 is 2.50 bits per heavy atom. The smallest absolute Gasteiger partial charge is 0.0221 e. The lowest BCUT2D eigenvalue weighted by Crippen LogP contribution is -2.35. The van der Waals surface area contributed by atoms with Gasteiger partial charge in [0, 0.05) is 22.2 Å². The van der Waals surface area contributed by atoms with Gasteiger partial charge in [-0.15, -0.1) is 11.8 Å². The van der Waals surface area contributed by atoms with Gasteiger partial charge in [-0.05, 0) is 45.7 Å². The standard InChI is InChI=1S/C16H27NS/c1-7-13(3)18-15-9-8-12(2)10-14(15)11-17-16(4,5)6/h8-10,13,17H,7,11H2,1-6H3. The maximum Gasteiger partial charge on any atom is 0.0221 e. The lowest BCUT2D eigenvalue weighted by atomic mass is 10.1. The molecule has 0 aliphatic carbocycles. The molecule has 1 atom stereocenters. The van der Waals surface area contributed by atoms with E-state index in [1.807, 2.05) is 11.8 Å². The first-order valence-electron chi connectivity index (χ1n) is 6.83. The quantitative estimate of drug-likeness (QED) is 0.769. The molecule has 0 radical (unpaired) electrons. The van der Waals surface area contributed by atoms with Crippen molar-refractivity contribution >= 4 is 11.8 Å². The summed E-state index contributed by atoms with van der Waals surface area (Å²) in [5.74, 6) is 0. The van der Waals surface area contributed by atoms with E-state index in [2.05, 4.69) is 65.1 Å². The minimum atomic E-state index is 0.169. The minimum absolute atomic E-state index is 0.169. The second kappa shape index (κ2) is 6.63. The Balaban J connectivity index is 2.83. The Hall–Kier alpha value is -0.470. The maximum absolute atomic E-state index is 3.58. The van der Waals surface area contributed by atoms with Crippen LogP contribution in [-0.4, -0.2) is 10.8 Å². The fourth-order valence-corrected chi connectivity index (χ4v) is 2.65. The summed E-state index contributed by atoms with van der Waals surface area (Å²) in [6.45, 7) is 14.3. The summed E-state index contributed by atoms with van der Waals surface area (Å²) < 4.78 is 0. The third-order valence-electron chi connectivity index (χ3n) is 2.93. The Labute approximate surface area is 117 Å². The molecule has 1 N–H and O–H groups in total. The molecule has 1 rings (SSSR count). The van der Waals surface area contributed by atoms with Crippen molar-refractivity contribution in [1.82, 2.24) is 5.32 Å². The first-order valence-corrected chi connectivity index (χ1v) is 7.71. The van der Waals surface area contributed by atoms with Gasteiger partial charge in [-0.3, -0.25) is 0 Å². The molecule has 1 aromatic carbocycles. The molecule has 1 unspecified atom stereocenters. The number of hydrogen-bond acceptors (Lipinski definition) is 2. The average molecular weight is 265 g/mol. The van der Waals surface area contributed by atoms with Crippen LogP contribution in [0.3, 0.4) is 0 Å². The number of nitrogens with one attached hydrogen (secondary N) is 1. The van der Waals surface area contributed by atoms with Gasteiger partial charge < -0.3 is 5.32 Å². The summed E-state index contributed by atoms with van der Waals surface area (Å²) in [6.07, 6.45) is 1.21. The molecule has 0 aliphatic rings. The predicted molar refractivity (Wildman–Crippen MR) is 83.4 cm³/mol. The predicted octanol–water partition coefficient (Wildman–Crippen LogP) is 4.77. The SMILES string of the molecule is CCC(C)Sc1ccc(C)cc1CNC(C)(C)C. The van der Waals surface area contributed by atoms with Crippen LogP contribution in [0.5, 0.6) is 0 Å². The van der Waals surface area contributed by atoms with Crippen LogP contribution in [0.15, 0.2) is 23.1 Å². The number of aryl methyl sites for hydroxylation is 1. The highest BCUT2D eigenvalue weighted by Crippen LogP contribution is 2.29. The van der Waals surface area contributed by atoms with Crippen molar-refractivity contribution in [2.75, 3.05) is 0 Å². The summed E-state index contributed by atoms with van der Waals surface area (Å²) in [7, 11) is 0. The highest BCUT2D eigenvalue weighted by Gasteiger charge is 2.12. The van der Waals surface area contributed by atoms with Crippen LogP contribution in [0, 0.1) is 6.92 Å². The monoisotopic (exact) mass is 265 g/mol. The topological polar surface area (TPSA) is 12.0 Å². The second-order valence-electron chi connectivity index (χ2n) is 6.05. The molecule has 0 aromatic heterocycles. The molecule has 102 valence electrons. The second-order valence-corrected chi connectivity index (χ2v) is 7.53. The third kappa shape index (κ3) is 5.45. The van der Waals surface area contributed by atoms with Crippen LogP contribution in [0.4, 0.5) is 0 Å². The van der Waals surface area contributed by atoms with Crippen LogP contribution in [0.25, 0.3) is 0 Å². The number of benzene rings is 1. The molecule has 2 heteroatoms. The minimum Gasteiger partial charge on any atom is -0.308 e. The van der Waals surface area contributed by atoms with E-state index in [1.54, 1.807) is 0 Å². The Bertz CT molecular complexity index is 379. The molecule has 1 aromatic rings. The first kappa shape index (κ1) is 15.6. The number of rotatable bonds is 5. The van der Waals surface area contributed by atoms with Crippen molar-refractivity contribution in [2.24, 2.45) is 0 Å². The Kier molecular flexibility index (Phi) is 5.74. The zero-order valence-electron chi connectivity index (χ0n) is 12.6. The zero-order valence-corrected chi connectivity index (χ0v) is 13.4. The van der Waals surface area contributed by atoms with Gasteiger partial charge in [0.2, 0.25) is 0 Å². The van der Waals surface area contributed by atoms with E-state index in [9.17, 15) is 0 Å². The van der Waals surface area contributed by atoms with Crippen LogP contribution < -0.4 is 5.32 Å². The lowest BCUT2D eigenvalue weighted by molar-refractivity contribution is 0.422. The van der Waals surface area contributed by atoms with Crippen molar-refractivity contribution in [2.45, 2.75) is 70.2 Å². The molecule has 0 bridgehead atoms. The highest BCUT2D eigenvalue weighted by molar-refractivity contribution is 8.00. The molecule has 0 saturated carbocycles. The average Bonchev–Trinajstić information content (AvgIpc) is 2.28. The molecule has 0 fully saturated rings. The van der Waals surface area contributed by atoms with Gasteiger partial charge in [0.05, 0.1) is 0 Å². The van der Waals surface area contributed by atoms with Crippen LogP contribution in [-0.2, 0) is 6.54 Å². The Morgan fingerprint density at radius 2 is 1.94 bits per heavy atom. The van der Waals surface area contributed by atoms with Crippen molar-refractivity contribution in [3.8, 4) is 0 Å². The van der Waals surface area contributed by atoms with Gasteiger partial charge in [-0.2, -0.15) is 0 Å². The lowest BCUT2D eigenvalue weighted by Gasteiger charge is -2.22. The van der Waals surface area contributed by atoms with Crippen molar-refractivity contribution in [3.05, 3.63) is 29.3 Å². The van der Waals surface area contributed by atoms with E-state index in [1.165, 1.54) is 22.4 Å². The maximum atomic E-state index is 3.58. The van der Waals surface area contributed by atoms with Crippen LogP contribution in [0.2, 0.25) is 0 Å². The molecule has 1 nitrogen and oxygen atoms in total. The van der Waals surface area contributed by atoms with E-state index < -0.39 is 0 Å². The van der Waals surface area contributed by atoms with E-state index in [4.69, 9.17) is 0 Å². The van der Waals surface area contributed by atoms with E-state index in [-0.39, 0.29) is 5.54 Å². The summed E-state index contributed by atoms with van der Waals surface area (Å²) in [5, 5.41) is 4.27.